The van der Waals surface area contributed by atoms with Crippen molar-refractivity contribution >= 4 is 17.3 Å². The summed E-state index contributed by atoms with van der Waals surface area (Å²) >= 11 is 0. The second-order valence-electron chi connectivity index (χ2n) is 5.89. The molecule has 0 unspecified atom stereocenters. The van der Waals surface area contributed by atoms with Gasteiger partial charge < -0.3 is 10.6 Å². The van der Waals surface area contributed by atoms with E-state index in [2.05, 4.69) is 15.6 Å². The van der Waals surface area contributed by atoms with E-state index in [1.54, 1.807) is 6.07 Å². The molecule has 2 aromatic carbocycles. The number of amides is 1. The number of nitrogens with one attached hydrogen (secondary N) is 2. The maximum absolute atomic E-state index is 13.3. The predicted molar refractivity (Wildman–Crippen MR) is 96.2 cm³/mol. The van der Waals surface area contributed by atoms with Crippen LogP contribution in [0.3, 0.4) is 0 Å². The first-order chi connectivity index (χ1) is 12.5. The minimum atomic E-state index is -0.949. The highest BCUT2D eigenvalue weighted by Crippen LogP contribution is 2.19. The number of halogens is 2. The van der Waals surface area contributed by atoms with Gasteiger partial charge in [0, 0.05) is 24.5 Å². The van der Waals surface area contributed by atoms with E-state index >= 15 is 0 Å². The molecule has 0 bridgehead atoms. The molecule has 2 N–H and O–H groups in total. The lowest BCUT2D eigenvalue weighted by Crippen LogP contribution is -2.23. The fourth-order valence-corrected chi connectivity index (χ4v) is 2.48. The largest absolute Gasteiger partial charge is 0.354 e. The Hall–Kier alpha value is -3.28. The second-order valence-corrected chi connectivity index (χ2v) is 5.89. The molecule has 0 aliphatic rings. The van der Waals surface area contributed by atoms with E-state index in [-0.39, 0.29) is 5.91 Å². The van der Waals surface area contributed by atoms with Crippen LogP contribution in [0.1, 0.15) is 21.5 Å². The van der Waals surface area contributed by atoms with Crippen molar-refractivity contribution in [1.29, 1.82) is 0 Å². The summed E-state index contributed by atoms with van der Waals surface area (Å²) in [4.78, 5) is 16.3. The third kappa shape index (κ3) is 4.42. The minimum Gasteiger partial charge on any atom is -0.354 e. The fraction of sp³-hybridized carbons (Fsp3) is 0.100. The lowest BCUT2D eigenvalue weighted by atomic mass is 10.1. The van der Waals surface area contributed by atoms with Gasteiger partial charge in [0.15, 0.2) is 11.6 Å². The van der Waals surface area contributed by atoms with Crippen LogP contribution in [0.5, 0.6) is 0 Å². The topological polar surface area (TPSA) is 54.0 Å². The number of rotatable bonds is 5. The molecule has 0 spiro atoms. The molecule has 0 saturated heterocycles. The molecule has 0 atom stereocenters. The maximum atomic E-state index is 13.3. The van der Waals surface area contributed by atoms with Crippen molar-refractivity contribution in [3.05, 3.63) is 89.2 Å². The van der Waals surface area contributed by atoms with E-state index in [4.69, 9.17) is 0 Å². The molecule has 132 valence electrons. The third-order valence-corrected chi connectivity index (χ3v) is 3.74. The Bertz CT molecular complexity index is 944. The number of anilines is 2. The normalized spacial score (nSPS) is 10.4. The summed E-state index contributed by atoms with van der Waals surface area (Å²) in [6.45, 7) is 2.39. The summed E-state index contributed by atoms with van der Waals surface area (Å²) in [5.74, 6) is -2.14. The highest BCUT2D eigenvalue weighted by atomic mass is 19.2. The van der Waals surface area contributed by atoms with Gasteiger partial charge in [0.1, 0.15) is 0 Å². The van der Waals surface area contributed by atoms with Gasteiger partial charge in [0.2, 0.25) is 0 Å². The first-order valence-electron chi connectivity index (χ1n) is 8.02. The van der Waals surface area contributed by atoms with Crippen LogP contribution in [0.4, 0.5) is 20.2 Å². The average Bonchev–Trinajstić information content (AvgIpc) is 2.63. The summed E-state index contributed by atoms with van der Waals surface area (Å²) in [5.41, 5.74) is 3.35. The number of pyridine rings is 1. The van der Waals surface area contributed by atoms with E-state index in [9.17, 15) is 13.6 Å². The molecule has 0 saturated carbocycles. The van der Waals surface area contributed by atoms with Crippen LogP contribution >= 0.6 is 0 Å². The van der Waals surface area contributed by atoms with Crippen molar-refractivity contribution in [3.8, 4) is 0 Å². The average molecular weight is 353 g/mol. The van der Waals surface area contributed by atoms with Gasteiger partial charge in [0.25, 0.3) is 5.91 Å². The number of benzene rings is 2. The van der Waals surface area contributed by atoms with E-state index in [0.29, 0.717) is 23.5 Å². The summed E-state index contributed by atoms with van der Waals surface area (Å²) in [5, 5.41) is 5.73. The van der Waals surface area contributed by atoms with Crippen molar-refractivity contribution in [2.24, 2.45) is 0 Å². The van der Waals surface area contributed by atoms with Gasteiger partial charge in [-0.25, -0.2) is 8.78 Å². The van der Waals surface area contributed by atoms with Crippen LogP contribution in [-0.2, 0) is 6.54 Å². The molecule has 1 heterocycles. The van der Waals surface area contributed by atoms with E-state index in [1.807, 2.05) is 31.2 Å². The molecule has 0 fully saturated rings. The Labute approximate surface area is 149 Å². The van der Waals surface area contributed by atoms with Gasteiger partial charge in [-0.2, -0.15) is 0 Å². The monoisotopic (exact) mass is 353 g/mol. The highest BCUT2D eigenvalue weighted by Gasteiger charge is 2.08. The lowest BCUT2D eigenvalue weighted by molar-refractivity contribution is 0.0950. The van der Waals surface area contributed by atoms with Crippen LogP contribution in [0.15, 0.2) is 60.9 Å². The molecule has 4 nitrogen and oxygen atoms in total. The molecule has 3 rings (SSSR count). The molecule has 0 aliphatic carbocycles. The van der Waals surface area contributed by atoms with E-state index in [0.717, 1.165) is 23.3 Å². The summed E-state index contributed by atoms with van der Waals surface area (Å²) in [6, 6.07) is 12.9. The minimum absolute atomic E-state index is 0.270. The number of carbonyl (C=O) groups excluding carboxylic acids is 1. The van der Waals surface area contributed by atoms with Crippen LogP contribution in [0.25, 0.3) is 0 Å². The Kier molecular flexibility index (Phi) is 5.22. The van der Waals surface area contributed by atoms with Crippen LogP contribution < -0.4 is 10.6 Å². The van der Waals surface area contributed by atoms with Gasteiger partial charge >= 0.3 is 0 Å². The van der Waals surface area contributed by atoms with Gasteiger partial charge in [-0.1, -0.05) is 29.8 Å². The zero-order valence-corrected chi connectivity index (χ0v) is 14.1. The summed E-state index contributed by atoms with van der Waals surface area (Å²) in [6.07, 6.45) is 2.95. The van der Waals surface area contributed by atoms with Crippen molar-refractivity contribution in [2.45, 2.75) is 13.5 Å². The van der Waals surface area contributed by atoms with Crippen LogP contribution in [0.2, 0.25) is 0 Å². The zero-order chi connectivity index (χ0) is 18.5. The highest BCUT2D eigenvalue weighted by molar-refractivity contribution is 5.94. The van der Waals surface area contributed by atoms with Crippen molar-refractivity contribution < 1.29 is 13.6 Å². The number of hydrogen-bond donors (Lipinski definition) is 2. The fourth-order valence-electron chi connectivity index (χ4n) is 2.48. The molecule has 0 aliphatic heterocycles. The molecule has 6 heteroatoms. The second kappa shape index (κ2) is 7.74. The molecule has 0 radical (unpaired) electrons. The summed E-state index contributed by atoms with van der Waals surface area (Å²) < 4.78 is 26.3. The third-order valence-electron chi connectivity index (χ3n) is 3.74. The molecule has 1 aromatic heterocycles. The van der Waals surface area contributed by atoms with Crippen LogP contribution in [-0.4, -0.2) is 10.9 Å². The zero-order valence-electron chi connectivity index (χ0n) is 14.1. The Morgan fingerprint density at radius 2 is 1.85 bits per heavy atom. The van der Waals surface area contributed by atoms with Crippen LogP contribution in [0, 0.1) is 18.6 Å². The maximum Gasteiger partial charge on any atom is 0.253 e. The standard InChI is InChI=1S/C20H17F2N3O/c1-13-3-2-4-14(7-13)10-24-20(26)15-8-17(12-23-11-15)25-16-5-6-18(21)19(22)9-16/h2-9,11-12,25H,10H2,1H3,(H,24,26). The molecule has 3 aromatic rings. The SMILES string of the molecule is Cc1cccc(CNC(=O)c2cncc(Nc3ccc(F)c(F)c3)c2)c1. The van der Waals surface area contributed by atoms with Gasteiger partial charge in [-0.3, -0.25) is 9.78 Å². The van der Waals surface area contributed by atoms with E-state index < -0.39 is 11.6 Å². The molecular formula is C20H17F2N3O. The van der Waals surface area contributed by atoms with Crippen molar-refractivity contribution in [2.75, 3.05) is 5.32 Å². The number of aryl methyl sites for hydroxylation is 1. The van der Waals surface area contributed by atoms with Gasteiger partial charge in [0.05, 0.1) is 17.4 Å². The quantitative estimate of drug-likeness (QED) is 0.717. The molecule has 26 heavy (non-hydrogen) atoms. The first-order valence-corrected chi connectivity index (χ1v) is 8.02. The Morgan fingerprint density at radius 3 is 2.62 bits per heavy atom. The van der Waals surface area contributed by atoms with Gasteiger partial charge in [-0.05, 0) is 30.7 Å². The number of aromatic nitrogens is 1. The first kappa shape index (κ1) is 17.5. The van der Waals surface area contributed by atoms with Gasteiger partial charge in [-0.15, -0.1) is 0 Å². The number of hydrogen-bond acceptors (Lipinski definition) is 3. The molecule has 1 amide bonds. The molecular weight excluding hydrogens is 336 g/mol. The lowest BCUT2D eigenvalue weighted by Gasteiger charge is -2.09. The van der Waals surface area contributed by atoms with Crippen molar-refractivity contribution in [1.82, 2.24) is 10.3 Å². The smallest absolute Gasteiger partial charge is 0.253 e. The Balaban J connectivity index is 1.67. The summed E-state index contributed by atoms with van der Waals surface area (Å²) in [7, 11) is 0. The van der Waals surface area contributed by atoms with E-state index in [1.165, 1.54) is 18.5 Å². The Morgan fingerprint density at radius 1 is 1.00 bits per heavy atom. The predicted octanol–water partition coefficient (Wildman–Crippen LogP) is 4.34. The van der Waals surface area contributed by atoms with Crippen molar-refractivity contribution in [3.63, 3.8) is 0 Å². The number of carbonyl (C=O) groups is 1. The number of nitrogens with zero attached hydrogens (tertiary/aromatic N) is 1.